The van der Waals surface area contributed by atoms with Crippen LogP contribution in [0.4, 0.5) is 0 Å². The Morgan fingerprint density at radius 3 is 2.42 bits per heavy atom. The first-order chi connectivity index (χ1) is 9.00. The number of carbonyl (C=O) groups excluding carboxylic acids is 2. The molecule has 3 rings (SSSR count). The van der Waals surface area contributed by atoms with Gasteiger partial charge < -0.3 is 0 Å². The molecule has 1 N–H and O–H groups in total. The van der Waals surface area contributed by atoms with E-state index in [0.717, 1.165) is 22.9 Å². The molecule has 2 fully saturated rings. The molecule has 0 bridgehead atoms. The maximum atomic E-state index is 12.3. The molecule has 2 unspecified atom stereocenters. The molecular formula is C15H16BrNO2. The average molecular weight is 322 g/mol. The van der Waals surface area contributed by atoms with E-state index in [9.17, 15) is 9.59 Å². The molecular weight excluding hydrogens is 306 g/mol. The predicted octanol–water partition coefficient (Wildman–Crippen LogP) is 3.00. The van der Waals surface area contributed by atoms with Crippen molar-refractivity contribution < 1.29 is 9.59 Å². The molecule has 1 aliphatic heterocycles. The molecule has 0 radical (unpaired) electrons. The zero-order valence-electron chi connectivity index (χ0n) is 10.8. The molecule has 1 heterocycles. The van der Waals surface area contributed by atoms with Gasteiger partial charge >= 0.3 is 0 Å². The normalized spacial score (nSPS) is 31.2. The van der Waals surface area contributed by atoms with Gasteiger partial charge in [-0.05, 0) is 41.9 Å². The number of rotatable bonds is 2. The molecule has 0 spiro atoms. The highest BCUT2D eigenvalue weighted by atomic mass is 79.9. The van der Waals surface area contributed by atoms with Gasteiger partial charge in [0.25, 0.3) is 0 Å². The molecule has 2 amide bonds. The molecule has 100 valence electrons. The molecule has 2 atom stereocenters. The lowest BCUT2D eigenvalue weighted by Crippen LogP contribution is -2.50. The number of nitrogens with one attached hydrogen (secondary N) is 1. The second kappa shape index (κ2) is 4.44. The Kier molecular flexibility index (Phi) is 3.01. The predicted molar refractivity (Wildman–Crippen MR) is 75.5 cm³/mol. The first-order valence-electron chi connectivity index (χ1n) is 6.60. The topological polar surface area (TPSA) is 46.2 Å². The lowest BCUT2D eigenvalue weighted by atomic mass is 9.65. The van der Waals surface area contributed by atoms with E-state index < -0.39 is 0 Å². The summed E-state index contributed by atoms with van der Waals surface area (Å²) in [6.45, 7) is 2.09. The highest BCUT2D eigenvalue weighted by molar-refractivity contribution is 9.10. The van der Waals surface area contributed by atoms with Crippen LogP contribution in [0.25, 0.3) is 0 Å². The SMILES string of the molecule is CC1(C2CC2)CC(=O)NC(=O)C1c1ccc(Br)cc1. The van der Waals surface area contributed by atoms with Crippen molar-refractivity contribution in [1.82, 2.24) is 5.32 Å². The number of benzene rings is 1. The third-order valence-electron chi connectivity index (χ3n) is 4.44. The van der Waals surface area contributed by atoms with E-state index in [4.69, 9.17) is 0 Å². The van der Waals surface area contributed by atoms with Gasteiger partial charge in [0.05, 0.1) is 5.92 Å². The molecule has 1 aromatic rings. The molecule has 1 aromatic carbocycles. The summed E-state index contributed by atoms with van der Waals surface area (Å²) in [6, 6.07) is 7.86. The minimum absolute atomic E-state index is 0.132. The van der Waals surface area contributed by atoms with Gasteiger partial charge in [-0.2, -0.15) is 0 Å². The summed E-state index contributed by atoms with van der Waals surface area (Å²) in [4.78, 5) is 24.0. The van der Waals surface area contributed by atoms with E-state index in [-0.39, 0.29) is 23.1 Å². The lowest BCUT2D eigenvalue weighted by molar-refractivity contribution is -0.140. The van der Waals surface area contributed by atoms with E-state index in [2.05, 4.69) is 28.2 Å². The fourth-order valence-corrected chi connectivity index (χ4v) is 3.58. The van der Waals surface area contributed by atoms with Gasteiger partial charge in [0, 0.05) is 10.9 Å². The number of halogens is 1. The van der Waals surface area contributed by atoms with Crippen LogP contribution in [0.2, 0.25) is 0 Å². The summed E-state index contributed by atoms with van der Waals surface area (Å²) in [5, 5.41) is 2.49. The zero-order valence-corrected chi connectivity index (χ0v) is 12.4. The second-order valence-electron chi connectivity index (χ2n) is 5.85. The minimum Gasteiger partial charge on any atom is -0.296 e. The molecule has 1 saturated carbocycles. The monoisotopic (exact) mass is 321 g/mol. The molecule has 1 aliphatic carbocycles. The maximum absolute atomic E-state index is 12.3. The standard InChI is InChI=1S/C15H16BrNO2/c1-15(10-4-5-10)8-12(18)17-14(19)13(15)9-2-6-11(16)7-3-9/h2-3,6-7,10,13H,4-5,8H2,1H3,(H,17,18,19). The number of amides is 2. The number of carbonyl (C=O) groups is 2. The Bertz CT molecular complexity index is 536. The van der Waals surface area contributed by atoms with E-state index in [0.29, 0.717) is 12.3 Å². The molecule has 19 heavy (non-hydrogen) atoms. The maximum Gasteiger partial charge on any atom is 0.234 e. The number of imide groups is 1. The zero-order chi connectivity index (χ0) is 13.6. The Morgan fingerprint density at radius 2 is 1.84 bits per heavy atom. The van der Waals surface area contributed by atoms with Crippen molar-refractivity contribution in [3.8, 4) is 0 Å². The fraction of sp³-hybridized carbons (Fsp3) is 0.467. The van der Waals surface area contributed by atoms with Crippen LogP contribution in [0.5, 0.6) is 0 Å². The van der Waals surface area contributed by atoms with Gasteiger partial charge in [0.1, 0.15) is 0 Å². The van der Waals surface area contributed by atoms with Gasteiger partial charge in [-0.1, -0.05) is 35.0 Å². The van der Waals surface area contributed by atoms with Crippen LogP contribution in [-0.2, 0) is 9.59 Å². The highest BCUT2D eigenvalue weighted by Gasteiger charge is 2.53. The molecule has 1 saturated heterocycles. The smallest absolute Gasteiger partial charge is 0.234 e. The fourth-order valence-electron chi connectivity index (χ4n) is 3.31. The Balaban J connectivity index is 2.02. The van der Waals surface area contributed by atoms with E-state index >= 15 is 0 Å². The van der Waals surface area contributed by atoms with Crippen molar-refractivity contribution >= 4 is 27.7 Å². The summed E-state index contributed by atoms with van der Waals surface area (Å²) in [5.74, 6) is 0.00248. The number of hydrogen-bond acceptors (Lipinski definition) is 2. The average Bonchev–Trinajstić information content (AvgIpc) is 3.14. The Labute approximate surface area is 120 Å². The minimum atomic E-state index is -0.229. The van der Waals surface area contributed by atoms with Crippen LogP contribution in [0.15, 0.2) is 28.7 Å². The quantitative estimate of drug-likeness (QED) is 0.851. The van der Waals surface area contributed by atoms with Crippen molar-refractivity contribution in [3.63, 3.8) is 0 Å². The van der Waals surface area contributed by atoms with E-state index in [1.807, 2.05) is 24.3 Å². The van der Waals surface area contributed by atoms with E-state index in [1.54, 1.807) is 0 Å². The van der Waals surface area contributed by atoms with Crippen molar-refractivity contribution in [1.29, 1.82) is 0 Å². The third kappa shape index (κ3) is 2.22. The molecule has 3 nitrogen and oxygen atoms in total. The summed E-state index contributed by atoms with van der Waals surface area (Å²) in [5.41, 5.74) is 0.773. The lowest BCUT2D eigenvalue weighted by Gasteiger charge is -2.40. The highest BCUT2D eigenvalue weighted by Crippen LogP contribution is 2.56. The van der Waals surface area contributed by atoms with Crippen LogP contribution >= 0.6 is 15.9 Å². The number of hydrogen-bond donors (Lipinski definition) is 1. The first kappa shape index (κ1) is 12.9. The molecule has 4 heteroatoms. The van der Waals surface area contributed by atoms with Gasteiger partial charge in [0.2, 0.25) is 11.8 Å². The molecule has 2 aliphatic rings. The first-order valence-corrected chi connectivity index (χ1v) is 7.39. The largest absolute Gasteiger partial charge is 0.296 e. The Hall–Kier alpha value is -1.16. The Morgan fingerprint density at radius 1 is 1.21 bits per heavy atom. The van der Waals surface area contributed by atoms with E-state index in [1.165, 1.54) is 0 Å². The van der Waals surface area contributed by atoms with Crippen LogP contribution in [0, 0.1) is 11.3 Å². The van der Waals surface area contributed by atoms with Gasteiger partial charge in [0.15, 0.2) is 0 Å². The van der Waals surface area contributed by atoms with Crippen molar-refractivity contribution in [2.45, 2.75) is 32.1 Å². The van der Waals surface area contributed by atoms with Crippen molar-refractivity contribution in [2.75, 3.05) is 0 Å². The van der Waals surface area contributed by atoms with Crippen LogP contribution < -0.4 is 5.32 Å². The van der Waals surface area contributed by atoms with Crippen LogP contribution in [0.3, 0.4) is 0 Å². The van der Waals surface area contributed by atoms with Crippen LogP contribution in [-0.4, -0.2) is 11.8 Å². The summed E-state index contributed by atoms with van der Waals surface area (Å²) < 4.78 is 0.997. The van der Waals surface area contributed by atoms with Gasteiger partial charge in [-0.3, -0.25) is 14.9 Å². The molecule has 0 aromatic heterocycles. The summed E-state index contributed by atoms with van der Waals surface area (Å²) >= 11 is 3.41. The second-order valence-corrected chi connectivity index (χ2v) is 6.77. The summed E-state index contributed by atoms with van der Waals surface area (Å²) in [7, 11) is 0. The number of piperidine rings is 1. The van der Waals surface area contributed by atoms with Crippen LogP contribution in [0.1, 0.15) is 37.7 Å². The third-order valence-corrected chi connectivity index (χ3v) is 4.97. The summed E-state index contributed by atoms with van der Waals surface area (Å²) in [6.07, 6.45) is 2.71. The van der Waals surface area contributed by atoms with Gasteiger partial charge in [-0.15, -0.1) is 0 Å². The van der Waals surface area contributed by atoms with Gasteiger partial charge in [-0.25, -0.2) is 0 Å². The van der Waals surface area contributed by atoms with Crippen molar-refractivity contribution in [3.05, 3.63) is 34.3 Å². The van der Waals surface area contributed by atoms with Crippen molar-refractivity contribution in [2.24, 2.45) is 11.3 Å².